The number of aromatic nitrogens is 1. The lowest BCUT2D eigenvalue weighted by atomic mass is 10.2. The molecule has 6 heteroatoms. The summed E-state index contributed by atoms with van der Waals surface area (Å²) in [6.45, 7) is 6.71. The summed E-state index contributed by atoms with van der Waals surface area (Å²) in [4.78, 5) is 18.1. The molecule has 3 N–H and O–H groups in total. The number of ether oxygens (including phenoxy) is 1. The van der Waals surface area contributed by atoms with E-state index in [4.69, 9.17) is 10.5 Å². The number of carbonyl (C=O) groups excluding carboxylic acids is 1. The number of nitrogens with two attached hydrogens (primary N) is 1. The molecule has 0 aromatic carbocycles. The molecule has 1 saturated heterocycles. The maximum absolute atomic E-state index is 11.4. The molecule has 0 aliphatic carbocycles. The van der Waals surface area contributed by atoms with Crippen LogP contribution in [0.3, 0.4) is 0 Å². The maximum atomic E-state index is 11.4. The summed E-state index contributed by atoms with van der Waals surface area (Å²) in [6, 6.07) is 3.99. The summed E-state index contributed by atoms with van der Waals surface area (Å²) in [5.74, 6) is 0.923. The van der Waals surface area contributed by atoms with Gasteiger partial charge in [0.05, 0.1) is 12.2 Å². The van der Waals surface area contributed by atoms with Crippen LogP contribution in [0.4, 0.5) is 5.82 Å². The number of carbonyl (C=O) groups is 1. The van der Waals surface area contributed by atoms with Crippen LogP contribution in [0.1, 0.15) is 25.8 Å². The quantitative estimate of drug-likeness (QED) is 0.833. The first kappa shape index (κ1) is 15.7. The topological polar surface area (TPSA) is 80.5 Å². The highest BCUT2D eigenvalue weighted by atomic mass is 16.5. The zero-order valence-electron chi connectivity index (χ0n) is 12.7. The van der Waals surface area contributed by atoms with Gasteiger partial charge >= 0.3 is 0 Å². The number of nitrogens with one attached hydrogen (secondary N) is 1. The van der Waals surface area contributed by atoms with E-state index < -0.39 is 0 Å². The van der Waals surface area contributed by atoms with E-state index in [1.165, 1.54) is 0 Å². The zero-order chi connectivity index (χ0) is 15.2. The Bertz CT molecular complexity index is 453. The first-order valence-electron chi connectivity index (χ1n) is 7.40. The van der Waals surface area contributed by atoms with E-state index in [1.807, 2.05) is 18.3 Å². The molecule has 1 fully saturated rings. The molecule has 0 spiro atoms. The third-order valence-electron chi connectivity index (χ3n) is 3.41. The van der Waals surface area contributed by atoms with Gasteiger partial charge in [-0.15, -0.1) is 0 Å². The van der Waals surface area contributed by atoms with E-state index in [1.54, 1.807) is 0 Å². The molecule has 1 aliphatic heterocycles. The van der Waals surface area contributed by atoms with Crippen LogP contribution < -0.4 is 16.0 Å². The number of morpholine rings is 1. The molecule has 116 valence electrons. The van der Waals surface area contributed by atoms with Crippen molar-refractivity contribution >= 4 is 11.7 Å². The molecule has 2 atom stereocenters. The molecular formula is C15H24N4O2. The van der Waals surface area contributed by atoms with Gasteiger partial charge in [-0.25, -0.2) is 4.98 Å². The third kappa shape index (κ3) is 4.68. The van der Waals surface area contributed by atoms with Crippen molar-refractivity contribution in [3.63, 3.8) is 0 Å². The molecule has 1 aromatic heterocycles. The average Bonchev–Trinajstić information content (AvgIpc) is 2.45. The molecule has 2 rings (SSSR count). The smallest absolute Gasteiger partial charge is 0.221 e. The fraction of sp³-hybridized carbons (Fsp3) is 0.600. The number of nitrogens with zero attached hydrogens (tertiary/aromatic N) is 2. The van der Waals surface area contributed by atoms with Crippen molar-refractivity contribution in [2.75, 3.05) is 24.5 Å². The zero-order valence-corrected chi connectivity index (χ0v) is 12.7. The van der Waals surface area contributed by atoms with Crippen molar-refractivity contribution in [2.45, 2.75) is 39.0 Å². The van der Waals surface area contributed by atoms with Gasteiger partial charge in [0.15, 0.2) is 0 Å². The second kappa shape index (κ2) is 7.38. The number of rotatable bonds is 5. The van der Waals surface area contributed by atoms with Gasteiger partial charge in [-0.2, -0.15) is 0 Å². The lowest BCUT2D eigenvalue weighted by molar-refractivity contribution is -0.121. The Morgan fingerprint density at radius 1 is 1.43 bits per heavy atom. The van der Waals surface area contributed by atoms with Gasteiger partial charge in [-0.3, -0.25) is 4.79 Å². The number of anilines is 1. The van der Waals surface area contributed by atoms with Crippen molar-refractivity contribution in [2.24, 2.45) is 5.73 Å². The lowest BCUT2D eigenvalue weighted by Crippen LogP contribution is -2.45. The molecular weight excluding hydrogens is 268 g/mol. The van der Waals surface area contributed by atoms with Crippen LogP contribution in [-0.2, 0) is 16.1 Å². The van der Waals surface area contributed by atoms with Crippen molar-refractivity contribution in [3.05, 3.63) is 23.9 Å². The van der Waals surface area contributed by atoms with Crippen LogP contribution >= 0.6 is 0 Å². The Kier molecular flexibility index (Phi) is 5.52. The van der Waals surface area contributed by atoms with Crippen molar-refractivity contribution in [1.82, 2.24) is 10.3 Å². The Morgan fingerprint density at radius 2 is 2.14 bits per heavy atom. The summed E-state index contributed by atoms with van der Waals surface area (Å²) in [5.41, 5.74) is 6.32. The summed E-state index contributed by atoms with van der Waals surface area (Å²) >= 11 is 0. The molecule has 1 aromatic rings. The fourth-order valence-corrected chi connectivity index (χ4v) is 2.49. The number of hydrogen-bond acceptors (Lipinski definition) is 5. The van der Waals surface area contributed by atoms with E-state index in [9.17, 15) is 4.79 Å². The molecule has 6 nitrogen and oxygen atoms in total. The van der Waals surface area contributed by atoms with Crippen molar-refractivity contribution < 1.29 is 9.53 Å². The van der Waals surface area contributed by atoms with Crippen LogP contribution in [0, 0.1) is 0 Å². The Hall–Kier alpha value is -1.66. The van der Waals surface area contributed by atoms with Crippen LogP contribution in [0.25, 0.3) is 0 Å². The monoisotopic (exact) mass is 292 g/mol. The van der Waals surface area contributed by atoms with Crippen LogP contribution in [0.5, 0.6) is 0 Å². The molecule has 1 amide bonds. The first-order chi connectivity index (χ1) is 10.1. The summed E-state index contributed by atoms with van der Waals surface area (Å²) in [7, 11) is 0. The first-order valence-corrected chi connectivity index (χ1v) is 7.40. The summed E-state index contributed by atoms with van der Waals surface area (Å²) in [5, 5.41) is 2.82. The number of hydrogen-bond donors (Lipinski definition) is 2. The van der Waals surface area contributed by atoms with Gasteiger partial charge in [-0.1, -0.05) is 6.07 Å². The standard InChI is InChI=1S/C15H24N4O2/c1-11-9-19(10-12(2)21-11)14-4-3-13(7-17-14)8-18-15(20)5-6-16/h3-4,7,11-12H,5-6,8-10,16H2,1-2H3,(H,18,20). The van der Waals surface area contributed by atoms with Gasteiger partial charge in [-0.05, 0) is 25.5 Å². The van der Waals surface area contributed by atoms with E-state index >= 15 is 0 Å². The predicted molar refractivity (Wildman–Crippen MR) is 82.0 cm³/mol. The minimum absolute atomic E-state index is 0.0302. The average molecular weight is 292 g/mol. The highest BCUT2D eigenvalue weighted by Crippen LogP contribution is 2.18. The van der Waals surface area contributed by atoms with Gasteiger partial charge in [0, 0.05) is 38.8 Å². The molecule has 0 radical (unpaired) electrons. The highest BCUT2D eigenvalue weighted by Gasteiger charge is 2.22. The van der Waals surface area contributed by atoms with Gasteiger partial charge in [0.25, 0.3) is 0 Å². The van der Waals surface area contributed by atoms with Crippen LogP contribution in [-0.4, -0.2) is 42.7 Å². The normalized spacial score (nSPS) is 22.1. The van der Waals surface area contributed by atoms with Crippen LogP contribution in [0.2, 0.25) is 0 Å². The summed E-state index contributed by atoms with van der Waals surface area (Å²) < 4.78 is 5.72. The largest absolute Gasteiger partial charge is 0.372 e. The molecule has 2 heterocycles. The minimum Gasteiger partial charge on any atom is -0.372 e. The SMILES string of the molecule is CC1CN(c2ccc(CNC(=O)CCN)cn2)CC(C)O1. The predicted octanol–water partition coefficient (Wildman–Crippen LogP) is 0.660. The van der Waals surface area contributed by atoms with Crippen molar-refractivity contribution in [1.29, 1.82) is 0 Å². The Morgan fingerprint density at radius 3 is 2.71 bits per heavy atom. The van der Waals surface area contributed by atoms with E-state index in [0.29, 0.717) is 19.5 Å². The highest BCUT2D eigenvalue weighted by molar-refractivity contribution is 5.76. The number of amides is 1. The Labute approximate surface area is 125 Å². The molecule has 1 aliphatic rings. The third-order valence-corrected chi connectivity index (χ3v) is 3.41. The molecule has 21 heavy (non-hydrogen) atoms. The van der Waals surface area contributed by atoms with Gasteiger partial charge < -0.3 is 20.7 Å². The van der Waals surface area contributed by atoms with Gasteiger partial charge in [0.1, 0.15) is 5.82 Å². The van der Waals surface area contributed by atoms with Crippen molar-refractivity contribution in [3.8, 4) is 0 Å². The van der Waals surface area contributed by atoms with E-state index in [0.717, 1.165) is 24.5 Å². The van der Waals surface area contributed by atoms with Gasteiger partial charge in [0.2, 0.25) is 5.91 Å². The minimum atomic E-state index is -0.0302. The molecule has 0 saturated carbocycles. The summed E-state index contributed by atoms with van der Waals surface area (Å²) in [6.07, 6.45) is 2.59. The lowest BCUT2D eigenvalue weighted by Gasteiger charge is -2.36. The molecule has 0 bridgehead atoms. The second-order valence-corrected chi connectivity index (χ2v) is 5.50. The number of pyridine rings is 1. The van der Waals surface area contributed by atoms with E-state index in [-0.39, 0.29) is 18.1 Å². The molecule has 2 unspecified atom stereocenters. The fourth-order valence-electron chi connectivity index (χ4n) is 2.49. The van der Waals surface area contributed by atoms with Crippen LogP contribution in [0.15, 0.2) is 18.3 Å². The Balaban J connectivity index is 1.91. The second-order valence-electron chi connectivity index (χ2n) is 5.50. The van der Waals surface area contributed by atoms with E-state index in [2.05, 4.69) is 29.0 Å². The maximum Gasteiger partial charge on any atom is 0.221 e.